The highest BCUT2D eigenvalue weighted by Gasteiger charge is 2.09. The summed E-state index contributed by atoms with van der Waals surface area (Å²) in [5.41, 5.74) is 6.57. The number of hydrogen-bond donors (Lipinski definition) is 1. The first-order valence-electron chi connectivity index (χ1n) is 4.99. The van der Waals surface area contributed by atoms with Crippen molar-refractivity contribution < 1.29 is 9.53 Å². The minimum Gasteiger partial charge on any atom is -0.448 e. The second kappa shape index (κ2) is 5.01. The molecule has 0 aliphatic rings. The fraction of sp³-hybridized carbons (Fsp3) is 0.300. The van der Waals surface area contributed by atoms with Crippen LogP contribution in [-0.2, 0) is 17.2 Å². The monoisotopic (exact) mass is 254 g/mol. The number of pyridine rings is 1. The van der Waals surface area contributed by atoms with Gasteiger partial charge in [0.25, 0.3) is 0 Å². The number of alkyl halides is 1. The molecule has 2 N–H and O–H groups in total. The van der Waals surface area contributed by atoms with E-state index in [0.717, 1.165) is 11.0 Å². The van der Waals surface area contributed by atoms with Crippen molar-refractivity contribution in [2.45, 2.75) is 12.4 Å². The van der Waals surface area contributed by atoms with Crippen molar-refractivity contribution >= 4 is 28.7 Å². The van der Waals surface area contributed by atoms with E-state index in [4.69, 9.17) is 22.1 Å². The molecule has 0 atom stereocenters. The molecule has 0 saturated heterocycles. The van der Waals surface area contributed by atoms with Crippen molar-refractivity contribution in [1.82, 2.24) is 14.5 Å². The topological polar surface area (TPSA) is 83.0 Å². The Kier molecular flexibility index (Phi) is 3.43. The fourth-order valence-corrected chi connectivity index (χ4v) is 1.82. The molecule has 2 aromatic heterocycles. The molecule has 2 aromatic rings. The van der Waals surface area contributed by atoms with Gasteiger partial charge in [-0.05, 0) is 6.07 Å². The van der Waals surface area contributed by atoms with Crippen LogP contribution in [0.25, 0.3) is 11.0 Å². The molecule has 0 bridgehead atoms. The highest BCUT2D eigenvalue weighted by atomic mass is 35.5. The standard InChI is InChI=1S/C10H11ClN4O2/c11-5-9-14-7-6-13-2-1-8(7)15(9)3-4-17-10(12)16/h1-2,6H,3-5H2,(H2,12,16). The Balaban J connectivity index is 2.27. The van der Waals surface area contributed by atoms with E-state index in [-0.39, 0.29) is 12.5 Å². The minimum absolute atomic E-state index is 0.188. The molecule has 7 heteroatoms. The number of nitrogens with zero attached hydrogens (tertiary/aromatic N) is 3. The number of rotatable bonds is 4. The summed E-state index contributed by atoms with van der Waals surface area (Å²) in [7, 11) is 0. The van der Waals surface area contributed by atoms with Crippen LogP contribution in [0, 0.1) is 0 Å². The average Bonchev–Trinajstić information content (AvgIpc) is 2.67. The number of imidazole rings is 1. The van der Waals surface area contributed by atoms with E-state index >= 15 is 0 Å². The highest BCUT2D eigenvalue weighted by molar-refractivity contribution is 6.16. The molecule has 6 nitrogen and oxygen atoms in total. The van der Waals surface area contributed by atoms with Gasteiger partial charge in [-0.3, -0.25) is 4.98 Å². The van der Waals surface area contributed by atoms with Gasteiger partial charge in [0.2, 0.25) is 0 Å². The van der Waals surface area contributed by atoms with Gasteiger partial charge in [0, 0.05) is 6.20 Å². The van der Waals surface area contributed by atoms with Crippen molar-refractivity contribution in [3.8, 4) is 0 Å². The third-order valence-electron chi connectivity index (χ3n) is 2.31. The molecule has 0 aromatic carbocycles. The quantitative estimate of drug-likeness (QED) is 0.833. The predicted molar refractivity (Wildman–Crippen MR) is 62.6 cm³/mol. The first-order valence-corrected chi connectivity index (χ1v) is 5.53. The zero-order valence-corrected chi connectivity index (χ0v) is 9.72. The molecule has 0 spiro atoms. The Labute approximate surface area is 102 Å². The van der Waals surface area contributed by atoms with Gasteiger partial charge < -0.3 is 15.0 Å². The summed E-state index contributed by atoms with van der Waals surface area (Å²) >= 11 is 5.81. The maximum absolute atomic E-state index is 10.5. The van der Waals surface area contributed by atoms with Crippen molar-refractivity contribution in [2.24, 2.45) is 5.73 Å². The molecule has 1 amide bonds. The third-order valence-corrected chi connectivity index (χ3v) is 2.55. The van der Waals surface area contributed by atoms with Crippen LogP contribution in [-0.4, -0.2) is 27.2 Å². The summed E-state index contributed by atoms with van der Waals surface area (Å²) in [6, 6.07) is 1.84. The number of carbonyl (C=O) groups excluding carboxylic acids is 1. The molecule has 0 unspecified atom stereocenters. The molecule has 90 valence electrons. The molecule has 2 heterocycles. The minimum atomic E-state index is -0.788. The van der Waals surface area contributed by atoms with Crippen molar-refractivity contribution in [2.75, 3.05) is 6.61 Å². The zero-order chi connectivity index (χ0) is 12.3. The maximum atomic E-state index is 10.5. The third kappa shape index (κ3) is 2.47. The second-order valence-electron chi connectivity index (χ2n) is 3.35. The Morgan fingerprint density at radius 2 is 2.41 bits per heavy atom. The Morgan fingerprint density at radius 3 is 3.12 bits per heavy atom. The lowest BCUT2D eigenvalue weighted by atomic mass is 10.4. The van der Waals surface area contributed by atoms with Crippen LogP contribution in [0.1, 0.15) is 5.82 Å². The van der Waals surface area contributed by atoms with Gasteiger partial charge in [-0.15, -0.1) is 11.6 Å². The lowest BCUT2D eigenvalue weighted by Gasteiger charge is -2.07. The lowest BCUT2D eigenvalue weighted by Crippen LogP contribution is -2.17. The molecule has 17 heavy (non-hydrogen) atoms. The molecule has 0 aliphatic heterocycles. The van der Waals surface area contributed by atoms with Crippen LogP contribution in [0.15, 0.2) is 18.5 Å². The van der Waals surface area contributed by atoms with Crippen LogP contribution in [0.2, 0.25) is 0 Å². The number of primary amides is 1. The van der Waals surface area contributed by atoms with Gasteiger partial charge in [-0.2, -0.15) is 0 Å². The van der Waals surface area contributed by atoms with E-state index in [1.165, 1.54) is 0 Å². The van der Waals surface area contributed by atoms with Crippen LogP contribution >= 0.6 is 11.6 Å². The fourth-order valence-electron chi connectivity index (χ4n) is 1.62. The summed E-state index contributed by atoms with van der Waals surface area (Å²) < 4.78 is 6.58. The van der Waals surface area contributed by atoms with Gasteiger partial charge in [0.1, 0.15) is 17.9 Å². The van der Waals surface area contributed by atoms with Gasteiger partial charge in [0.05, 0.1) is 24.1 Å². The van der Waals surface area contributed by atoms with Gasteiger partial charge in [0.15, 0.2) is 0 Å². The summed E-state index contributed by atoms with van der Waals surface area (Å²) in [5.74, 6) is 0.994. The Bertz CT molecular complexity index is 540. The number of halogens is 1. The van der Waals surface area contributed by atoms with E-state index in [1.54, 1.807) is 12.4 Å². The van der Waals surface area contributed by atoms with Crippen LogP contribution in [0.4, 0.5) is 4.79 Å². The van der Waals surface area contributed by atoms with Crippen molar-refractivity contribution in [3.63, 3.8) is 0 Å². The first kappa shape index (κ1) is 11.7. The average molecular weight is 255 g/mol. The van der Waals surface area contributed by atoms with E-state index in [1.807, 2.05) is 10.6 Å². The number of fused-ring (bicyclic) bond motifs is 1. The number of carbonyl (C=O) groups is 1. The predicted octanol–water partition coefficient (Wildman–Crippen LogP) is 1.27. The van der Waals surface area contributed by atoms with Gasteiger partial charge in [-0.25, -0.2) is 9.78 Å². The molecule has 0 fully saturated rings. The number of aromatic nitrogens is 3. The number of hydrogen-bond acceptors (Lipinski definition) is 4. The molecule has 0 radical (unpaired) electrons. The van der Waals surface area contributed by atoms with Crippen LogP contribution in [0.3, 0.4) is 0 Å². The first-order chi connectivity index (χ1) is 8.22. The zero-order valence-electron chi connectivity index (χ0n) is 8.97. The van der Waals surface area contributed by atoms with Crippen LogP contribution < -0.4 is 5.73 Å². The largest absolute Gasteiger partial charge is 0.448 e. The molecule has 0 aliphatic carbocycles. The SMILES string of the molecule is NC(=O)OCCn1c(CCl)nc2cnccc21. The number of ether oxygens (including phenoxy) is 1. The Hall–Kier alpha value is -1.82. The summed E-state index contributed by atoms with van der Waals surface area (Å²) in [4.78, 5) is 18.8. The van der Waals surface area contributed by atoms with Crippen LogP contribution in [0.5, 0.6) is 0 Å². The Morgan fingerprint density at radius 1 is 1.59 bits per heavy atom. The number of nitrogens with two attached hydrogens (primary N) is 1. The van der Waals surface area contributed by atoms with Gasteiger partial charge in [-0.1, -0.05) is 0 Å². The lowest BCUT2D eigenvalue weighted by molar-refractivity contribution is 0.152. The summed E-state index contributed by atoms with van der Waals surface area (Å²) in [5, 5.41) is 0. The molecular weight excluding hydrogens is 244 g/mol. The second-order valence-corrected chi connectivity index (χ2v) is 3.61. The highest BCUT2D eigenvalue weighted by Crippen LogP contribution is 2.16. The van der Waals surface area contributed by atoms with Crippen molar-refractivity contribution in [3.05, 3.63) is 24.3 Å². The molecule has 2 rings (SSSR count). The molecule has 0 saturated carbocycles. The van der Waals surface area contributed by atoms with E-state index < -0.39 is 6.09 Å². The summed E-state index contributed by atoms with van der Waals surface area (Å²) in [6.45, 7) is 0.651. The normalized spacial score (nSPS) is 10.6. The number of amides is 1. The molecular formula is C10H11ClN4O2. The van der Waals surface area contributed by atoms with E-state index in [9.17, 15) is 4.79 Å². The van der Waals surface area contributed by atoms with E-state index in [0.29, 0.717) is 12.4 Å². The summed E-state index contributed by atoms with van der Waals surface area (Å²) in [6.07, 6.45) is 2.55. The smallest absolute Gasteiger partial charge is 0.404 e. The van der Waals surface area contributed by atoms with E-state index in [2.05, 4.69) is 9.97 Å². The van der Waals surface area contributed by atoms with Crippen molar-refractivity contribution in [1.29, 1.82) is 0 Å². The maximum Gasteiger partial charge on any atom is 0.404 e. The van der Waals surface area contributed by atoms with Gasteiger partial charge >= 0.3 is 6.09 Å².